The molecular weight excluding hydrogens is 497 g/mol. The van der Waals surface area contributed by atoms with Crippen LogP contribution in [0.25, 0.3) is 0 Å². The molecule has 1 aromatic heterocycles. The quantitative estimate of drug-likeness (QED) is 0.229. The lowest BCUT2D eigenvalue weighted by Gasteiger charge is -2.37. The van der Waals surface area contributed by atoms with Crippen LogP contribution in [0.15, 0.2) is 17.1 Å². The van der Waals surface area contributed by atoms with E-state index in [2.05, 4.69) is 18.1 Å². The van der Waals surface area contributed by atoms with E-state index in [-0.39, 0.29) is 4.64 Å². The number of hydrogen-bond acceptors (Lipinski definition) is 15. The Morgan fingerprint density at radius 2 is 1.87 bits per heavy atom. The van der Waals surface area contributed by atoms with Gasteiger partial charge < -0.3 is 43.6 Å². The fourth-order valence-electron chi connectivity index (χ4n) is 2.44. The molecular formula is C10H13N2O14P3S-4. The number of nitrogens with zero attached hydrogens (tertiary/aromatic N) is 1. The molecule has 1 saturated heterocycles. The predicted octanol–water partition coefficient (Wildman–Crippen LogP) is -3.27. The van der Waals surface area contributed by atoms with Crippen molar-refractivity contribution in [3.05, 3.63) is 27.4 Å². The van der Waals surface area contributed by atoms with Crippen LogP contribution in [0.5, 0.6) is 0 Å². The Morgan fingerprint density at radius 1 is 1.27 bits per heavy atom. The maximum Gasteiger partial charge on any atom is 0.328 e. The standard InChI is InChI=1S/C10H17N2O14P3S/c1-10(15)7(13)5(24-8(10)12-3-2-6(30)11-9(12)14)4-23-28(19,20)26-29(21,22)25-27(16,17)18/h2-3,5,7-8,13,15H,4H2,1H3,(H,19,20)(H,21,22)(H,11,14,30)(H2,16,17,18)/p-4/t5-,7+,8-,10?/m1/s1. The second kappa shape index (κ2) is 8.73. The smallest absolute Gasteiger partial charge is 0.328 e. The van der Waals surface area contributed by atoms with E-state index in [9.17, 15) is 48.3 Å². The molecule has 0 spiro atoms. The van der Waals surface area contributed by atoms with Gasteiger partial charge in [0, 0.05) is 6.20 Å². The highest BCUT2D eigenvalue weighted by atomic mass is 32.1. The van der Waals surface area contributed by atoms with E-state index in [0.717, 1.165) is 17.7 Å². The first kappa shape index (κ1) is 25.6. The number of aromatic nitrogens is 2. The number of aliphatic hydroxyl groups is 2. The van der Waals surface area contributed by atoms with Crippen molar-refractivity contribution in [3.63, 3.8) is 0 Å². The maximum atomic E-state index is 12.0. The van der Waals surface area contributed by atoms with Crippen LogP contribution < -0.4 is 25.3 Å². The molecule has 2 rings (SSSR count). The zero-order valence-electron chi connectivity index (χ0n) is 14.6. The summed E-state index contributed by atoms with van der Waals surface area (Å²) in [5.74, 6) is 0. The average molecular weight is 510 g/mol. The Labute approximate surface area is 172 Å². The lowest BCUT2D eigenvalue weighted by Crippen LogP contribution is -2.46. The SMILES string of the molecule is CC1(O)[C@@H](O)[C@@H](COP(=O)([O-])OP(=O)([O-])OP(=O)([O-])[O-])O[C@H]1n1ccc(=S)[nH]c1=O. The van der Waals surface area contributed by atoms with Crippen LogP contribution in [0, 0.1) is 4.64 Å². The minimum Gasteiger partial charge on any atom is -0.790 e. The van der Waals surface area contributed by atoms with Gasteiger partial charge in [-0.05, 0) is 13.0 Å². The largest absolute Gasteiger partial charge is 0.790 e. The molecule has 1 aromatic rings. The zero-order chi connectivity index (χ0) is 23.1. The maximum absolute atomic E-state index is 12.0. The molecule has 30 heavy (non-hydrogen) atoms. The van der Waals surface area contributed by atoms with Crippen LogP contribution >= 0.6 is 35.7 Å². The summed E-state index contributed by atoms with van der Waals surface area (Å²) < 4.78 is 49.7. The summed E-state index contributed by atoms with van der Waals surface area (Å²) in [7, 11) is -18.1. The van der Waals surface area contributed by atoms with Crippen molar-refractivity contribution in [3.8, 4) is 0 Å². The minimum absolute atomic E-state index is 0.0590. The van der Waals surface area contributed by atoms with E-state index in [0.29, 0.717) is 0 Å². The molecule has 0 amide bonds. The average Bonchev–Trinajstić information content (AvgIpc) is 2.73. The molecule has 1 aliphatic heterocycles. The van der Waals surface area contributed by atoms with Crippen molar-refractivity contribution in [2.75, 3.05) is 6.61 Å². The summed E-state index contributed by atoms with van der Waals surface area (Å²) in [4.78, 5) is 57.5. The van der Waals surface area contributed by atoms with Gasteiger partial charge in [0.1, 0.15) is 22.4 Å². The van der Waals surface area contributed by atoms with Crippen molar-refractivity contribution in [1.82, 2.24) is 9.55 Å². The van der Waals surface area contributed by atoms with Crippen LogP contribution in [0.4, 0.5) is 0 Å². The number of H-pyrrole nitrogens is 1. The zero-order valence-corrected chi connectivity index (χ0v) is 18.1. The summed E-state index contributed by atoms with van der Waals surface area (Å²) in [5.41, 5.74) is -2.99. The molecule has 20 heteroatoms. The van der Waals surface area contributed by atoms with Crippen LogP contribution in [0.2, 0.25) is 0 Å². The monoisotopic (exact) mass is 510 g/mol. The van der Waals surface area contributed by atoms with Crippen molar-refractivity contribution in [2.45, 2.75) is 31.0 Å². The minimum atomic E-state index is -6.16. The third-order valence-corrected chi connectivity index (χ3v) is 7.56. The highest BCUT2D eigenvalue weighted by Crippen LogP contribution is 2.60. The van der Waals surface area contributed by atoms with Gasteiger partial charge in [0.15, 0.2) is 6.23 Å². The second-order valence-corrected chi connectivity index (χ2v) is 10.7. The Balaban J connectivity index is 2.13. The number of aliphatic hydroxyl groups excluding tert-OH is 1. The number of phosphoric ester groups is 1. The molecule has 0 radical (unpaired) electrons. The first-order chi connectivity index (χ1) is 13.4. The Hall–Kier alpha value is -0.610. The molecule has 2 heterocycles. The summed E-state index contributed by atoms with van der Waals surface area (Å²) in [6.45, 7) is -0.0814. The van der Waals surface area contributed by atoms with E-state index >= 15 is 0 Å². The number of ether oxygens (including phenoxy) is 1. The van der Waals surface area contributed by atoms with E-state index in [1.165, 1.54) is 6.07 Å². The van der Waals surface area contributed by atoms with Gasteiger partial charge in [-0.3, -0.25) is 23.0 Å². The topological polar surface area (TPSA) is 259 Å². The highest BCUT2D eigenvalue weighted by molar-refractivity contribution is 7.71. The third-order valence-electron chi connectivity index (χ3n) is 3.66. The molecule has 172 valence electrons. The van der Waals surface area contributed by atoms with Crippen LogP contribution in [-0.2, 0) is 31.6 Å². The van der Waals surface area contributed by atoms with Gasteiger partial charge in [0.2, 0.25) is 0 Å². The molecule has 1 aliphatic rings. The lowest BCUT2D eigenvalue weighted by atomic mass is 9.96. The van der Waals surface area contributed by atoms with Gasteiger partial charge >= 0.3 is 5.69 Å². The first-order valence-corrected chi connectivity index (χ1v) is 12.3. The van der Waals surface area contributed by atoms with E-state index < -0.39 is 59.8 Å². The molecule has 1 fully saturated rings. The Morgan fingerprint density at radius 3 is 2.40 bits per heavy atom. The molecule has 3 N–H and O–H groups in total. The Bertz CT molecular complexity index is 1050. The summed E-state index contributed by atoms with van der Waals surface area (Å²) in [5, 5.41) is 20.6. The van der Waals surface area contributed by atoms with Crippen LogP contribution in [0.1, 0.15) is 13.2 Å². The highest BCUT2D eigenvalue weighted by Gasteiger charge is 2.53. The fourth-order valence-corrected chi connectivity index (χ4v) is 5.45. The molecule has 16 nitrogen and oxygen atoms in total. The van der Waals surface area contributed by atoms with Gasteiger partial charge in [-0.15, -0.1) is 0 Å². The molecule has 0 aliphatic carbocycles. The Kier molecular flexibility index (Phi) is 7.46. The number of hydrogen-bond donors (Lipinski definition) is 3. The fraction of sp³-hybridized carbons (Fsp3) is 0.600. The molecule has 0 bridgehead atoms. The number of nitrogens with one attached hydrogen (secondary N) is 1. The summed E-state index contributed by atoms with van der Waals surface area (Å²) >= 11 is 4.76. The van der Waals surface area contributed by atoms with Crippen LogP contribution in [0.3, 0.4) is 0 Å². The van der Waals surface area contributed by atoms with E-state index in [1.54, 1.807) is 0 Å². The van der Waals surface area contributed by atoms with Crippen molar-refractivity contribution in [2.24, 2.45) is 0 Å². The second-order valence-electron chi connectivity index (χ2n) is 6.02. The summed E-state index contributed by atoms with van der Waals surface area (Å²) in [6.07, 6.45) is -3.90. The van der Waals surface area contributed by atoms with Gasteiger partial charge in [-0.2, -0.15) is 0 Å². The number of aromatic amines is 1. The third kappa shape index (κ3) is 6.45. The van der Waals surface area contributed by atoms with Crippen LogP contribution in [-0.4, -0.2) is 44.2 Å². The van der Waals surface area contributed by atoms with E-state index in [4.69, 9.17) is 17.0 Å². The number of rotatable bonds is 8. The lowest BCUT2D eigenvalue weighted by molar-refractivity contribution is -0.339. The summed E-state index contributed by atoms with van der Waals surface area (Å²) in [6, 6.07) is 1.27. The van der Waals surface area contributed by atoms with Gasteiger partial charge in [0.25, 0.3) is 15.6 Å². The number of phosphoric acid groups is 3. The molecule has 3 unspecified atom stereocenters. The van der Waals surface area contributed by atoms with Gasteiger partial charge in [-0.1, -0.05) is 12.2 Å². The normalized spacial score (nSPS) is 31.2. The van der Waals surface area contributed by atoms with E-state index in [1.807, 2.05) is 0 Å². The predicted molar refractivity (Wildman–Crippen MR) is 87.4 cm³/mol. The van der Waals surface area contributed by atoms with Crippen molar-refractivity contribution < 1.29 is 61.4 Å². The molecule has 0 saturated carbocycles. The molecule has 6 atom stereocenters. The van der Waals surface area contributed by atoms with Gasteiger partial charge in [-0.25, -0.2) is 9.11 Å². The first-order valence-electron chi connectivity index (χ1n) is 7.52. The van der Waals surface area contributed by atoms with Gasteiger partial charge in [0.05, 0.1) is 14.4 Å². The molecule has 0 aromatic carbocycles. The van der Waals surface area contributed by atoms with Crippen molar-refractivity contribution >= 4 is 35.7 Å². The van der Waals surface area contributed by atoms with Crippen molar-refractivity contribution in [1.29, 1.82) is 0 Å².